The Morgan fingerprint density at radius 1 is 1.62 bits per heavy atom. The zero-order valence-corrected chi connectivity index (χ0v) is 8.00. The quantitative estimate of drug-likeness (QED) is 0.767. The summed E-state index contributed by atoms with van der Waals surface area (Å²) in [7, 11) is 0. The van der Waals surface area contributed by atoms with Crippen molar-refractivity contribution in [2.45, 2.75) is 32.9 Å². The van der Waals surface area contributed by atoms with Crippen molar-refractivity contribution < 1.29 is 4.42 Å². The second-order valence-electron chi connectivity index (χ2n) is 3.07. The van der Waals surface area contributed by atoms with E-state index in [4.69, 9.17) is 9.68 Å². The van der Waals surface area contributed by atoms with Crippen LogP contribution in [0.2, 0.25) is 0 Å². The van der Waals surface area contributed by atoms with Gasteiger partial charge in [-0.3, -0.25) is 0 Å². The fourth-order valence-electron chi connectivity index (χ4n) is 0.952. The lowest BCUT2D eigenvalue weighted by Crippen LogP contribution is -2.24. The maximum atomic E-state index is 8.51. The van der Waals surface area contributed by atoms with E-state index in [1.54, 1.807) is 6.07 Å². The third-order valence-electron chi connectivity index (χ3n) is 2.01. The zero-order valence-electron chi connectivity index (χ0n) is 8.00. The first kappa shape index (κ1) is 9.82. The molecule has 1 unspecified atom stereocenters. The van der Waals surface area contributed by atoms with E-state index in [1.807, 2.05) is 12.1 Å². The average Bonchev–Trinajstić information content (AvgIpc) is 2.61. The standard InChI is InChI=1S/C10H14N2O/c1-3-8(2)12-7-10-5-4-9(6-11)13-10/h4-5,8,12H,3,7H2,1-2H3. The van der Waals surface area contributed by atoms with Gasteiger partial charge in [0, 0.05) is 6.04 Å². The Balaban J connectivity index is 2.42. The van der Waals surface area contributed by atoms with Gasteiger partial charge in [0.1, 0.15) is 11.8 Å². The zero-order chi connectivity index (χ0) is 9.68. The molecule has 0 radical (unpaired) electrons. The van der Waals surface area contributed by atoms with Gasteiger partial charge in [-0.1, -0.05) is 6.92 Å². The van der Waals surface area contributed by atoms with Crippen LogP contribution in [0, 0.1) is 11.3 Å². The van der Waals surface area contributed by atoms with Gasteiger partial charge in [-0.05, 0) is 25.5 Å². The van der Waals surface area contributed by atoms with Crippen LogP contribution in [-0.4, -0.2) is 6.04 Å². The van der Waals surface area contributed by atoms with Gasteiger partial charge in [0.25, 0.3) is 0 Å². The lowest BCUT2D eigenvalue weighted by atomic mass is 10.2. The summed E-state index contributed by atoms with van der Waals surface area (Å²) in [5.41, 5.74) is 0. The molecule has 1 rings (SSSR count). The average molecular weight is 178 g/mol. The maximum Gasteiger partial charge on any atom is 0.203 e. The molecule has 1 aromatic rings. The van der Waals surface area contributed by atoms with E-state index >= 15 is 0 Å². The van der Waals surface area contributed by atoms with E-state index in [1.165, 1.54) is 0 Å². The lowest BCUT2D eigenvalue weighted by molar-refractivity contribution is 0.444. The Kier molecular flexibility index (Phi) is 3.53. The molecular formula is C10H14N2O. The van der Waals surface area contributed by atoms with Crippen LogP contribution in [0.4, 0.5) is 0 Å². The minimum absolute atomic E-state index is 0.376. The highest BCUT2D eigenvalue weighted by molar-refractivity contribution is 5.18. The van der Waals surface area contributed by atoms with E-state index < -0.39 is 0 Å². The second kappa shape index (κ2) is 4.68. The summed E-state index contributed by atoms with van der Waals surface area (Å²) in [5.74, 6) is 1.19. The molecule has 1 heterocycles. The molecule has 0 saturated heterocycles. The van der Waals surface area contributed by atoms with Gasteiger partial charge in [0.15, 0.2) is 0 Å². The van der Waals surface area contributed by atoms with Gasteiger partial charge in [-0.2, -0.15) is 5.26 Å². The molecule has 0 aliphatic heterocycles. The van der Waals surface area contributed by atoms with Crippen molar-refractivity contribution in [3.8, 4) is 6.07 Å². The molecule has 13 heavy (non-hydrogen) atoms. The lowest BCUT2D eigenvalue weighted by Gasteiger charge is -2.08. The molecule has 0 bridgehead atoms. The molecule has 0 aliphatic rings. The molecule has 3 heteroatoms. The summed E-state index contributed by atoms with van der Waals surface area (Å²) in [5, 5.41) is 11.8. The van der Waals surface area contributed by atoms with Gasteiger partial charge in [0.2, 0.25) is 5.76 Å². The number of nitrogens with zero attached hydrogens (tertiary/aromatic N) is 1. The Hall–Kier alpha value is -1.27. The normalized spacial score (nSPS) is 12.4. The fraction of sp³-hybridized carbons (Fsp3) is 0.500. The first-order chi connectivity index (χ1) is 6.26. The van der Waals surface area contributed by atoms with Gasteiger partial charge in [-0.15, -0.1) is 0 Å². The summed E-state index contributed by atoms with van der Waals surface area (Å²) in [6, 6.07) is 5.95. The SMILES string of the molecule is CCC(C)NCc1ccc(C#N)o1. The van der Waals surface area contributed by atoms with Crippen LogP contribution in [0.5, 0.6) is 0 Å². The van der Waals surface area contributed by atoms with E-state index in [2.05, 4.69) is 19.2 Å². The number of nitriles is 1. The van der Waals surface area contributed by atoms with Crippen molar-refractivity contribution in [1.29, 1.82) is 5.26 Å². The molecular weight excluding hydrogens is 164 g/mol. The molecule has 1 aromatic heterocycles. The Labute approximate surface area is 78.4 Å². The highest BCUT2D eigenvalue weighted by Crippen LogP contribution is 2.06. The third kappa shape index (κ3) is 2.92. The van der Waals surface area contributed by atoms with Crippen LogP contribution >= 0.6 is 0 Å². The predicted octanol–water partition coefficient (Wildman–Crippen LogP) is 2.04. The van der Waals surface area contributed by atoms with Crippen LogP contribution in [0.3, 0.4) is 0 Å². The fourth-order valence-corrected chi connectivity index (χ4v) is 0.952. The van der Waals surface area contributed by atoms with Crippen LogP contribution < -0.4 is 5.32 Å². The number of furan rings is 1. The summed E-state index contributed by atoms with van der Waals surface area (Å²) >= 11 is 0. The van der Waals surface area contributed by atoms with Gasteiger partial charge in [-0.25, -0.2) is 0 Å². The van der Waals surface area contributed by atoms with Gasteiger partial charge in [0.05, 0.1) is 6.54 Å². The Morgan fingerprint density at radius 2 is 2.38 bits per heavy atom. The largest absolute Gasteiger partial charge is 0.449 e. The van der Waals surface area contributed by atoms with E-state index in [-0.39, 0.29) is 0 Å². The second-order valence-corrected chi connectivity index (χ2v) is 3.07. The molecule has 0 saturated carbocycles. The molecule has 3 nitrogen and oxygen atoms in total. The van der Waals surface area contributed by atoms with Gasteiger partial charge < -0.3 is 9.73 Å². The monoisotopic (exact) mass is 178 g/mol. The van der Waals surface area contributed by atoms with Crippen LogP contribution in [0.15, 0.2) is 16.5 Å². The van der Waals surface area contributed by atoms with E-state index in [0.717, 1.165) is 12.2 Å². The predicted molar refractivity (Wildman–Crippen MR) is 50.0 cm³/mol. The van der Waals surface area contributed by atoms with Gasteiger partial charge >= 0.3 is 0 Å². The van der Waals surface area contributed by atoms with Crippen molar-refractivity contribution >= 4 is 0 Å². The van der Waals surface area contributed by atoms with Crippen molar-refractivity contribution in [2.24, 2.45) is 0 Å². The summed E-state index contributed by atoms with van der Waals surface area (Å²) in [6.07, 6.45) is 1.09. The number of hydrogen-bond donors (Lipinski definition) is 1. The smallest absolute Gasteiger partial charge is 0.203 e. The first-order valence-electron chi connectivity index (χ1n) is 4.48. The third-order valence-corrected chi connectivity index (χ3v) is 2.01. The van der Waals surface area contributed by atoms with E-state index in [9.17, 15) is 0 Å². The summed E-state index contributed by atoms with van der Waals surface area (Å²) < 4.78 is 5.20. The highest BCUT2D eigenvalue weighted by Gasteiger charge is 2.02. The highest BCUT2D eigenvalue weighted by atomic mass is 16.3. The molecule has 0 spiro atoms. The minimum Gasteiger partial charge on any atom is -0.449 e. The molecule has 1 atom stereocenters. The van der Waals surface area contributed by atoms with Crippen molar-refractivity contribution in [1.82, 2.24) is 5.32 Å². The molecule has 0 aliphatic carbocycles. The van der Waals surface area contributed by atoms with Crippen molar-refractivity contribution in [3.05, 3.63) is 23.7 Å². The molecule has 0 amide bonds. The molecule has 1 N–H and O–H groups in total. The minimum atomic E-state index is 0.376. The number of rotatable bonds is 4. The van der Waals surface area contributed by atoms with Crippen molar-refractivity contribution in [2.75, 3.05) is 0 Å². The van der Waals surface area contributed by atoms with Crippen LogP contribution in [0.1, 0.15) is 31.8 Å². The number of hydrogen-bond acceptors (Lipinski definition) is 3. The Bertz CT molecular complexity index is 298. The van der Waals surface area contributed by atoms with Crippen LogP contribution in [0.25, 0.3) is 0 Å². The molecule has 70 valence electrons. The topological polar surface area (TPSA) is 49.0 Å². The van der Waals surface area contributed by atoms with E-state index in [0.29, 0.717) is 18.3 Å². The Morgan fingerprint density at radius 3 is 2.92 bits per heavy atom. The van der Waals surface area contributed by atoms with Crippen LogP contribution in [-0.2, 0) is 6.54 Å². The maximum absolute atomic E-state index is 8.51. The first-order valence-corrected chi connectivity index (χ1v) is 4.48. The summed E-state index contributed by atoms with van der Waals surface area (Å²) in [4.78, 5) is 0. The number of nitrogens with one attached hydrogen (secondary N) is 1. The summed E-state index contributed by atoms with van der Waals surface area (Å²) in [6.45, 7) is 4.94. The molecule has 0 aromatic carbocycles. The van der Waals surface area contributed by atoms with Crippen molar-refractivity contribution in [3.63, 3.8) is 0 Å². The molecule has 0 fully saturated rings.